The third-order valence-electron chi connectivity index (χ3n) is 5.85. The molecule has 35 heavy (non-hydrogen) atoms. The minimum atomic E-state index is -1.03. The van der Waals surface area contributed by atoms with Gasteiger partial charge in [-0.15, -0.1) is 0 Å². The van der Waals surface area contributed by atoms with Crippen LogP contribution in [0.5, 0.6) is 0 Å². The van der Waals surface area contributed by atoms with Crippen LogP contribution in [-0.4, -0.2) is 33.2 Å². The van der Waals surface area contributed by atoms with Crippen molar-refractivity contribution in [3.8, 4) is 11.1 Å². The molecule has 0 saturated heterocycles. The van der Waals surface area contributed by atoms with E-state index in [4.69, 9.17) is 9.36 Å². The van der Waals surface area contributed by atoms with E-state index in [1.807, 2.05) is 60.7 Å². The maximum atomic E-state index is 13.5. The molecule has 176 valence electrons. The number of carbonyl (C=O) groups is 1. The molecule has 0 fully saturated rings. The van der Waals surface area contributed by atoms with E-state index in [-0.39, 0.29) is 17.6 Å². The molecule has 0 saturated carbocycles. The number of rotatable bonds is 7. The Morgan fingerprint density at radius 2 is 1.69 bits per heavy atom. The summed E-state index contributed by atoms with van der Waals surface area (Å²) in [6.45, 7) is 0. The van der Waals surface area contributed by atoms with Crippen LogP contribution in [0.2, 0.25) is 0 Å². The van der Waals surface area contributed by atoms with Crippen LogP contribution in [0, 0.1) is 0 Å². The zero-order valence-corrected chi connectivity index (χ0v) is 19.0. The van der Waals surface area contributed by atoms with E-state index in [0.717, 1.165) is 11.1 Å². The van der Waals surface area contributed by atoms with Gasteiger partial charge < -0.3 is 14.5 Å². The predicted molar refractivity (Wildman–Crippen MR) is 128 cm³/mol. The van der Waals surface area contributed by atoms with Crippen molar-refractivity contribution >= 4 is 5.91 Å². The predicted octanol–water partition coefficient (Wildman–Crippen LogP) is 4.40. The Kier molecular flexibility index (Phi) is 6.38. The van der Waals surface area contributed by atoms with E-state index >= 15 is 0 Å². The SMILES string of the molecule is CONC1=CN(C(=O)c2ccc(-c3ccccc3)cc2)C(c2nc(C(O)c3ccccc3)no2)C1. The molecule has 0 radical (unpaired) electrons. The number of aromatic nitrogens is 2. The Morgan fingerprint density at radius 3 is 2.37 bits per heavy atom. The van der Waals surface area contributed by atoms with Crippen molar-refractivity contribution in [1.29, 1.82) is 0 Å². The molecule has 0 bridgehead atoms. The average Bonchev–Trinajstić information content (AvgIpc) is 3.57. The first-order chi connectivity index (χ1) is 17.1. The molecular formula is C27H24N4O4. The molecule has 1 aromatic heterocycles. The maximum absolute atomic E-state index is 13.5. The molecule has 1 aliphatic heterocycles. The molecule has 4 aromatic rings. The molecule has 2 heterocycles. The number of hydrogen-bond acceptors (Lipinski definition) is 7. The second-order valence-corrected chi connectivity index (χ2v) is 8.14. The molecule has 8 heteroatoms. The standard InChI is InChI=1S/C27H24N4O4/c1-34-29-22-16-23(26-28-25(30-35-26)24(32)20-10-6-3-7-11-20)31(17-22)27(33)21-14-12-19(13-15-21)18-8-4-2-5-9-18/h2-15,17,23-24,29,32H,16H2,1H3. The van der Waals surface area contributed by atoms with Gasteiger partial charge in [0, 0.05) is 18.2 Å². The zero-order chi connectivity index (χ0) is 24.2. The summed E-state index contributed by atoms with van der Waals surface area (Å²) in [5.41, 5.74) is 6.76. The number of amides is 1. The quantitative estimate of drug-likeness (QED) is 0.388. The number of nitrogens with one attached hydrogen (secondary N) is 1. The maximum Gasteiger partial charge on any atom is 0.258 e. The topological polar surface area (TPSA) is 101 Å². The Hall–Kier alpha value is -4.27. The van der Waals surface area contributed by atoms with Crippen LogP contribution in [0.25, 0.3) is 11.1 Å². The van der Waals surface area contributed by atoms with Crippen molar-refractivity contribution < 1.29 is 19.3 Å². The second kappa shape index (κ2) is 9.92. The first kappa shape index (κ1) is 22.5. The van der Waals surface area contributed by atoms with Crippen molar-refractivity contribution in [2.75, 3.05) is 7.11 Å². The molecule has 1 amide bonds. The van der Waals surface area contributed by atoms with Crippen molar-refractivity contribution in [2.24, 2.45) is 0 Å². The van der Waals surface area contributed by atoms with Crippen molar-refractivity contribution in [3.63, 3.8) is 0 Å². The number of aliphatic hydroxyl groups excluding tert-OH is 1. The van der Waals surface area contributed by atoms with Gasteiger partial charge in [-0.25, -0.2) is 0 Å². The summed E-state index contributed by atoms with van der Waals surface area (Å²) >= 11 is 0. The minimum absolute atomic E-state index is 0.138. The lowest BCUT2D eigenvalue weighted by Crippen LogP contribution is -2.27. The van der Waals surface area contributed by atoms with Gasteiger partial charge in [0.15, 0.2) is 0 Å². The largest absolute Gasteiger partial charge is 0.380 e. The summed E-state index contributed by atoms with van der Waals surface area (Å²) < 4.78 is 5.49. The van der Waals surface area contributed by atoms with E-state index in [2.05, 4.69) is 15.6 Å². The number of hydroxylamine groups is 1. The van der Waals surface area contributed by atoms with Gasteiger partial charge in [-0.05, 0) is 28.8 Å². The van der Waals surface area contributed by atoms with E-state index in [1.54, 1.807) is 35.4 Å². The normalized spacial score (nSPS) is 16.1. The first-order valence-corrected chi connectivity index (χ1v) is 11.2. The average molecular weight is 469 g/mol. The molecule has 5 rings (SSSR count). The van der Waals surface area contributed by atoms with Gasteiger partial charge >= 0.3 is 0 Å². The highest BCUT2D eigenvalue weighted by Gasteiger charge is 2.36. The lowest BCUT2D eigenvalue weighted by atomic mass is 10.0. The smallest absolute Gasteiger partial charge is 0.258 e. The molecule has 3 aromatic carbocycles. The Labute approximate surface area is 202 Å². The molecular weight excluding hydrogens is 444 g/mol. The lowest BCUT2D eigenvalue weighted by molar-refractivity contribution is 0.0760. The van der Waals surface area contributed by atoms with Crippen molar-refractivity contribution in [3.05, 3.63) is 120 Å². The second-order valence-electron chi connectivity index (χ2n) is 8.14. The van der Waals surface area contributed by atoms with E-state index in [1.165, 1.54) is 7.11 Å². The zero-order valence-electron chi connectivity index (χ0n) is 19.0. The number of hydrogen-bond donors (Lipinski definition) is 2. The number of carbonyl (C=O) groups excluding carboxylic acids is 1. The summed E-state index contributed by atoms with van der Waals surface area (Å²) in [5.74, 6) is 0.151. The lowest BCUT2D eigenvalue weighted by Gasteiger charge is -2.20. The monoisotopic (exact) mass is 468 g/mol. The number of nitrogens with zero attached hydrogens (tertiary/aromatic N) is 3. The van der Waals surface area contributed by atoms with Gasteiger partial charge in [-0.1, -0.05) is 78.0 Å². The van der Waals surface area contributed by atoms with Crippen molar-refractivity contribution in [1.82, 2.24) is 20.5 Å². The Bertz CT molecular complexity index is 1320. The molecule has 1 aliphatic rings. The number of benzene rings is 3. The van der Waals surface area contributed by atoms with E-state index in [0.29, 0.717) is 23.2 Å². The first-order valence-electron chi connectivity index (χ1n) is 11.2. The minimum Gasteiger partial charge on any atom is -0.380 e. The van der Waals surface area contributed by atoms with Gasteiger partial charge in [0.2, 0.25) is 11.7 Å². The van der Waals surface area contributed by atoms with Crippen LogP contribution < -0.4 is 5.48 Å². The van der Waals surface area contributed by atoms with Gasteiger partial charge in [0.25, 0.3) is 5.91 Å². The van der Waals surface area contributed by atoms with Crippen LogP contribution in [0.15, 0.2) is 101 Å². The summed E-state index contributed by atoms with van der Waals surface area (Å²) in [5, 5.41) is 14.6. The van der Waals surface area contributed by atoms with Crippen LogP contribution in [0.4, 0.5) is 0 Å². The van der Waals surface area contributed by atoms with Crippen molar-refractivity contribution in [2.45, 2.75) is 18.6 Å². The molecule has 2 N–H and O–H groups in total. The summed E-state index contributed by atoms with van der Waals surface area (Å²) in [6, 6.07) is 26.0. The summed E-state index contributed by atoms with van der Waals surface area (Å²) in [6.07, 6.45) is 1.04. The molecule has 2 unspecified atom stereocenters. The third-order valence-corrected chi connectivity index (χ3v) is 5.85. The van der Waals surface area contributed by atoms with E-state index in [9.17, 15) is 9.90 Å². The highest BCUT2D eigenvalue weighted by atomic mass is 16.6. The molecule has 8 nitrogen and oxygen atoms in total. The molecule has 2 atom stereocenters. The summed E-state index contributed by atoms with van der Waals surface area (Å²) in [4.78, 5) is 24.5. The highest BCUT2D eigenvalue weighted by molar-refractivity contribution is 5.96. The third kappa shape index (κ3) is 4.70. The summed E-state index contributed by atoms with van der Waals surface area (Å²) in [7, 11) is 1.50. The van der Waals surface area contributed by atoms with Crippen LogP contribution in [0.3, 0.4) is 0 Å². The van der Waals surface area contributed by atoms with E-state index < -0.39 is 12.1 Å². The molecule has 0 spiro atoms. The van der Waals surface area contributed by atoms with Gasteiger partial charge in [0.05, 0.1) is 12.8 Å². The van der Waals surface area contributed by atoms with Gasteiger partial charge in [-0.3, -0.25) is 15.1 Å². The van der Waals surface area contributed by atoms with Gasteiger partial charge in [0.1, 0.15) is 12.1 Å². The fraction of sp³-hybridized carbons (Fsp3) is 0.148. The fourth-order valence-corrected chi connectivity index (χ4v) is 4.09. The molecule has 0 aliphatic carbocycles. The van der Waals surface area contributed by atoms with Crippen LogP contribution >= 0.6 is 0 Å². The van der Waals surface area contributed by atoms with Crippen LogP contribution in [-0.2, 0) is 4.84 Å². The van der Waals surface area contributed by atoms with Crippen LogP contribution in [0.1, 0.15) is 46.2 Å². The van der Waals surface area contributed by atoms with Gasteiger partial charge in [-0.2, -0.15) is 4.98 Å². The Morgan fingerprint density at radius 1 is 1.03 bits per heavy atom. The highest BCUT2D eigenvalue weighted by Crippen LogP contribution is 2.35. The fourth-order valence-electron chi connectivity index (χ4n) is 4.09. The Balaban J connectivity index is 1.40. The number of aliphatic hydroxyl groups is 1.